The second-order valence-corrected chi connectivity index (χ2v) is 4.91. The minimum absolute atomic E-state index is 0.148. The van der Waals surface area contributed by atoms with Gasteiger partial charge in [0.05, 0.1) is 6.04 Å². The minimum atomic E-state index is -0.563. The monoisotopic (exact) mass is 316 g/mol. The van der Waals surface area contributed by atoms with E-state index >= 15 is 0 Å². The molecule has 7 heteroatoms. The lowest BCUT2D eigenvalue weighted by Gasteiger charge is -2.07. The standard InChI is InChI=1S/C16H14F2N4O/c17-11-3-1-10(2-4-11)15(19)16-20-14(21-22-16)9-23-13-7-5-12(18)6-8-13/h1-8,15H,9,19H2,(H,20,21,22)/t15-/m0/s1. The molecule has 2 aromatic carbocycles. The molecule has 3 rings (SSSR count). The number of aromatic nitrogens is 3. The van der Waals surface area contributed by atoms with Crippen LogP contribution in [0.5, 0.6) is 5.75 Å². The molecule has 3 aromatic rings. The van der Waals surface area contributed by atoms with Crippen molar-refractivity contribution in [2.75, 3.05) is 0 Å². The molecular formula is C16H14F2N4O. The third-order valence-corrected chi connectivity index (χ3v) is 3.25. The van der Waals surface area contributed by atoms with Crippen LogP contribution in [0.25, 0.3) is 0 Å². The number of hydrogen-bond donors (Lipinski definition) is 2. The van der Waals surface area contributed by atoms with Gasteiger partial charge >= 0.3 is 0 Å². The fourth-order valence-electron chi connectivity index (χ4n) is 2.02. The van der Waals surface area contributed by atoms with Crippen LogP contribution < -0.4 is 10.5 Å². The van der Waals surface area contributed by atoms with Crippen molar-refractivity contribution in [3.8, 4) is 5.75 Å². The zero-order chi connectivity index (χ0) is 16.2. The number of hydrogen-bond acceptors (Lipinski definition) is 4. The number of halogens is 2. The summed E-state index contributed by atoms with van der Waals surface area (Å²) in [5.74, 6) is 0.734. The Kier molecular flexibility index (Phi) is 4.29. The molecule has 1 atom stereocenters. The van der Waals surface area contributed by atoms with E-state index in [1.165, 1.54) is 36.4 Å². The summed E-state index contributed by atoms with van der Waals surface area (Å²) in [7, 11) is 0. The lowest BCUT2D eigenvalue weighted by molar-refractivity contribution is 0.296. The van der Waals surface area contributed by atoms with E-state index in [1.807, 2.05) is 0 Å². The van der Waals surface area contributed by atoms with Crippen molar-refractivity contribution in [3.63, 3.8) is 0 Å². The average molecular weight is 316 g/mol. The Labute approximate surface area is 131 Å². The van der Waals surface area contributed by atoms with Crippen molar-refractivity contribution in [2.45, 2.75) is 12.6 Å². The van der Waals surface area contributed by atoms with Crippen LogP contribution >= 0.6 is 0 Å². The van der Waals surface area contributed by atoms with Gasteiger partial charge in [-0.1, -0.05) is 12.1 Å². The van der Waals surface area contributed by atoms with Crippen LogP contribution in [0.2, 0.25) is 0 Å². The number of aromatic amines is 1. The molecule has 0 aliphatic rings. The molecule has 0 saturated carbocycles. The topological polar surface area (TPSA) is 76.8 Å². The molecule has 118 valence electrons. The summed E-state index contributed by atoms with van der Waals surface area (Å²) in [6, 6.07) is 11.0. The highest BCUT2D eigenvalue weighted by Gasteiger charge is 2.14. The molecular weight excluding hydrogens is 302 g/mol. The Morgan fingerprint density at radius 1 is 1.00 bits per heavy atom. The maximum absolute atomic E-state index is 12.9. The van der Waals surface area contributed by atoms with Crippen LogP contribution in [0.3, 0.4) is 0 Å². The predicted octanol–water partition coefficient (Wildman–Crippen LogP) is 2.71. The summed E-state index contributed by atoms with van der Waals surface area (Å²) >= 11 is 0. The van der Waals surface area contributed by atoms with Crippen LogP contribution in [0.15, 0.2) is 48.5 Å². The quantitative estimate of drug-likeness (QED) is 0.759. The largest absolute Gasteiger partial charge is 0.486 e. The molecule has 3 N–H and O–H groups in total. The fraction of sp³-hybridized carbons (Fsp3) is 0.125. The van der Waals surface area contributed by atoms with Crippen LogP contribution in [-0.4, -0.2) is 15.2 Å². The number of benzene rings is 2. The molecule has 0 spiro atoms. The molecule has 1 aromatic heterocycles. The number of H-pyrrole nitrogens is 1. The van der Waals surface area contributed by atoms with Gasteiger partial charge in [-0.15, -0.1) is 0 Å². The van der Waals surface area contributed by atoms with Crippen LogP contribution in [0.4, 0.5) is 8.78 Å². The van der Waals surface area contributed by atoms with Gasteiger partial charge in [-0.3, -0.25) is 5.10 Å². The molecule has 0 saturated heterocycles. The van der Waals surface area contributed by atoms with Crippen LogP contribution in [0.1, 0.15) is 23.3 Å². The maximum Gasteiger partial charge on any atom is 0.172 e. The first kappa shape index (κ1) is 15.1. The Hall–Kier alpha value is -2.80. The number of nitrogens with zero attached hydrogens (tertiary/aromatic N) is 2. The number of nitrogens with two attached hydrogens (primary N) is 1. The highest BCUT2D eigenvalue weighted by molar-refractivity contribution is 5.25. The van der Waals surface area contributed by atoms with Gasteiger partial charge in [-0.05, 0) is 42.0 Å². The van der Waals surface area contributed by atoms with Crippen molar-refractivity contribution >= 4 is 0 Å². The summed E-state index contributed by atoms with van der Waals surface area (Å²) < 4.78 is 31.2. The first-order valence-electron chi connectivity index (χ1n) is 6.92. The molecule has 0 aliphatic heterocycles. The first-order valence-corrected chi connectivity index (χ1v) is 6.92. The smallest absolute Gasteiger partial charge is 0.172 e. The van der Waals surface area contributed by atoms with Crippen molar-refractivity contribution in [2.24, 2.45) is 5.73 Å². The van der Waals surface area contributed by atoms with Gasteiger partial charge in [-0.25, -0.2) is 13.8 Å². The fourth-order valence-corrected chi connectivity index (χ4v) is 2.02. The van der Waals surface area contributed by atoms with E-state index in [1.54, 1.807) is 12.1 Å². The summed E-state index contributed by atoms with van der Waals surface area (Å²) in [6.07, 6.45) is 0. The van der Waals surface area contributed by atoms with Gasteiger partial charge in [-0.2, -0.15) is 5.10 Å². The van der Waals surface area contributed by atoms with Gasteiger partial charge in [0.25, 0.3) is 0 Å². The summed E-state index contributed by atoms with van der Waals surface area (Å²) in [4.78, 5) is 4.26. The Morgan fingerprint density at radius 2 is 1.61 bits per heavy atom. The van der Waals surface area contributed by atoms with Crippen molar-refractivity contribution in [3.05, 3.63) is 77.4 Å². The summed E-state index contributed by atoms with van der Waals surface area (Å²) in [5.41, 5.74) is 6.76. The van der Waals surface area contributed by atoms with E-state index in [4.69, 9.17) is 10.5 Å². The Bertz CT molecular complexity index is 772. The van der Waals surface area contributed by atoms with E-state index in [-0.39, 0.29) is 18.2 Å². The van der Waals surface area contributed by atoms with Crippen molar-refractivity contribution in [1.82, 2.24) is 15.2 Å². The SMILES string of the molecule is N[C@@H](c1ccc(F)cc1)c1n[nH]c(COc2ccc(F)cc2)n1. The summed E-state index contributed by atoms with van der Waals surface area (Å²) in [5, 5.41) is 6.78. The van der Waals surface area contributed by atoms with Gasteiger partial charge in [0.15, 0.2) is 11.6 Å². The van der Waals surface area contributed by atoms with Gasteiger partial charge in [0, 0.05) is 0 Å². The van der Waals surface area contributed by atoms with Crippen LogP contribution in [0, 0.1) is 11.6 Å². The molecule has 0 fully saturated rings. The van der Waals surface area contributed by atoms with E-state index in [2.05, 4.69) is 15.2 Å². The zero-order valence-corrected chi connectivity index (χ0v) is 12.0. The number of nitrogens with one attached hydrogen (secondary N) is 1. The van der Waals surface area contributed by atoms with E-state index < -0.39 is 6.04 Å². The molecule has 0 unspecified atom stereocenters. The number of rotatable bonds is 5. The molecule has 1 heterocycles. The van der Waals surface area contributed by atoms with Gasteiger partial charge < -0.3 is 10.5 Å². The highest BCUT2D eigenvalue weighted by Crippen LogP contribution is 2.17. The Balaban J connectivity index is 1.65. The van der Waals surface area contributed by atoms with Gasteiger partial charge in [0.1, 0.15) is 24.0 Å². The molecule has 5 nitrogen and oxygen atoms in total. The lowest BCUT2D eigenvalue weighted by atomic mass is 10.1. The van der Waals surface area contributed by atoms with Crippen molar-refractivity contribution in [1.29, 1.82) is 0 Å². The number of ether oxygens (including phenoxy) is 1. The van der Waals surface area contributed by atoms with E-state index in [0.29, 0.717) is 23.0 Å². The normalized spacial score (nSPS) is 12.1. The molecule has 0 aliphatic carbocycles. The average Bonchev–Trinajstić information content (AvgIpc) is 3.03. The second-order valence-electron chi connectivity index (χ2n) is 4.91. The highest BCUT2D eigenvalue weighted by atomic mass is 19.1. The second kappa shape index (κ2) is 6.53. The Morgan fingerprint density at radius 3 is 2.26 bits per heavy atom. The van der Waals surface area contributed by atoms with E-state index in [0.717, 1.165) is 0 Å². The van der Waals surface area contributed by atoms with E-state index in [9.17, 15) is 8.78 Å². The predicted molar refractivity (Wildman–Crippen MR) is 79.5 cm³/mol. The zero-order valence-electron chi connectivity index (χ0n) is 12.0. The van der Waals surface area contributed by atoms with Crippen molar-refractivity contribution < 1.29 is 13.5 Å². The maximum atomic E-state index is 12.9. The third kappa shape index (κ3) is 3.70. The molecule has 0 amide bonds. The third-order valence-electron chi connectivity index (χ3n) is 3.25. The first-order chi connectivity index (χ1) is 11.1. The lowest BCUT2D eigenvalue weighted by Crippen LogP contribution is -2.13. The molecule has 23 heavy (non-hydrogen) atoms. The van der Waals surface area contributed by atoms with Gasteiger partial charge in [0.2, 0.25) is 0 Å². The van der Waals surface area contributed by atoms with Crippen LogP contribution in [-0.2, 0) is 6.61 Å². The minimum Gasteiger partial charge on any atom is -0.486 e. The summed E-state index contributed by atoms with van der Waals surface area (Å²) in [6.45, 7) is 0.148. The molecule has 0 bridgehead atoms. The molecule has 0 radical (unpaired) electrons.